The van der Waals surface area contributed by atoms with E-state index in [9.17, 15) is 23.2 Å². The second kappa shape index (κ2) is 18.6. The first-order valence-corrected chi connectivity index (χ1v) is 15.0. The van der Waals surface area contributed by atoms with Gasteiger partial charge in [-0.15, -0.1) is 0 Å². The second-order valence-electron chi connectivity index (χ2n) is 12.0. The molecule has 2 aromatic carbocycles. The van der Waals surface area contributed by atoms with Crippen LogP contribution in [0, 0.1) is 5.41 Å². The standard InChI is InChI=1S/C35H46F2N4O4/c1-24(36)18-28(25(2)37)20-29(38)21-31(42)40-22-35(3,4)23-41-34(44)33(30(39)19-27-14-9-6-10-15-27)45-32(43)17-11-16-26-12-7-5-8-13-26/h5-10,12-15,18,29-30,33H,1-2,11,16-17,19-23,38-39H2,3-4H3,(H,40,42)(H,41,44)/b28-18-. The van der Waals surface area contributed by atoms with Crippen molar-refractivity contribution >= 4 is 17.8 Å². The molecule has 6 N–H and O–H groups in total. The molecule has 0 saturated heterocycles. The van der Waals surface area contributed by atoms with Gasteiger partial charge in [0.1, 0.15) is 11.7 Å². The molecule has 45 heavy (non-hydrogen) atoms. The SMILES string of the molecule is C=C(F)/C=C(/CC(N)CC(=O)NCC(C)(C)CNC(=O)C(OC(=O)CCCc1ccccc1)C(N)Cc1ccccc1)C(=C)F. The molecule has 0 aliphatic heterocycles. The second-order valence-corrected chi connectivity index (χ2v) is 12.0. The summed E-state index contributed by atoms with van der Waals surface area (Å²) in [6.07, 6.45) is 1.16. The molecule has 3 unspecified atom stereocenters. The lowest BCUT2D eigenvalue weighted by Crippen LogP contribution is -2.52. The molecule has 0 aromatic heterocycles. The number of amides is 2. The number of hydrogen-bond donors (Lipinski definition) is 4. The summed E-state index contributed by atoms with van der Waals surface area (Å²) in [5.74, 6) is -3.12. The molecule has 0 aliphatic rings. The quantitative estimate of drug-likeness (QED) is 0.132. The minimum absolute atomic E-state index is 0.0669. The molecule has 0 radical (unpaired) electrons. The highest BCUT2D eigenvalue weighted by Crippen LogP contribution is 2.19. The summed E-state index contributed by atoms with van der Waals surface area (Å²) in [5, 5.41) is 5.59. The Morgan fingerprint density at radius 3 is 2.07 bits per heavy atom. The lowest BCUT2D eigenvalue weighted by Gasteiger charge is -2.28. The van der Waals surface area contributed by atoms with Gasteiger partial charge in [0.05, 0.1) is 6.04 Å². The number of ether oxygens (including phenoxy) is 1. The summed E-state index contributed by atoms with van der Waals surface area (Å²) in [6, 6.07) is 17.6. The molecular formula is C35H46F2N4O4. The molecule has 0 spiro atoms. The van der Waals surface area contributed by atoms with Gasteiger partial charge in [-0.05, 0) is 53.9 Å². The fourth-order valence-corrected chi connectivity index (χ4v) is 4.54. The first-order valence-electron chi connectivity index (χ1n) is 15.0. The highest BCUT2D eigenvalue weighted by Gasteiger charge is 2.31. The Morgan fingerprint density at radius 2 is 1.49 bits per heavy atom. The zero-order valence-electron chi connectivity index (χ0n) is 26.2. The third-order valence-corrected chi connectivity index (χ3v) is 7.02. The van der Waals surface area contributed by atoms with Crippen molar-refractivity contribution in [2.24, 2.45) is 16.9 Å². The number of rotatable bonds is 19. The van der Waals surface area contributed by atoms with Crippen molar-refractivity contribution in [2.45, 2.75) is 70.6 Å². The number of hydrogen-bond acceptors (Lipinski definition) is 6. The Kier molecular flexibility index (Phi) is 15.3. The number of esters is 1. The van der Waals surface area contributed by atoms with Crippen LogP contribution in [0.4, 0.5) is 8.78 Å². The summed E-state index contributed by atoms with van der Waals surface area (Å²) in [5.41, 5.74) is 13.7. The van der Waals surface area contributed by atoms with Gasteiger partial charge in [0.2, 0.25) is 5.91 Å². The minimum Gasteiger partial charge on any atom is -0.451 e. The lowest BCUT2D eigenvalue weighted by molar-refractivity contribution is -0.157. The van der Waals surface area contributed by atoms with Gasteiger partial charge in [-0.2, -0.15) is 0 Å². The lowest BCUT2D eigenvalue weighted by atomic mass is 9.92. The molecular weight excluding hydrogens is 578 g/mol. The maximum atomic E-state index is 13.6. The Hall–Kier alpha value is -4.15. The Morgan fingerprint density at radius 1 is 0.911 bits per heavy atom. The van der Waals surface area contributed by atoms with Crippen molar-refractivity contribution < 1.29 is 27.9 Å². The number of allylic oxidation sites excluding steroid dienone is 3. The number of aryl methyl sites for hydroxylation is 1. The number of nitrogens with one attached hydrogen (secondary N) is 2. The Balaban J connectivity index is 1.94. The van der Waals surface area contributed by atoms with Crippen molar-refractivity contribution in [1.29, 1.82) is 0 Å². The average molecular weight is 625 g/mol. The van der Waals surface area contributed by atoms with E-state index in [1.54, 1.807) is 0 Å². The van der Waals surface area contributed by atoms with Gasteiger partial charge in [0, 0.05) is 32.0 Å². The maximum absolute atomic E-state index is 13.6. The van der Waals surface area contributed by atoms with E-state index in [1.165, 1.54) is 0 Å². The van der Waals surface area contributed by atoms with E-state index < -0.39 is 53.0 Å². The smallest absolute Gasteiger partial charge is 0.306 e. The fraction of sp³-hybridized carbons (Fsp3) is 0.400. The van der Waals surface area contributed by atoms with Crippen LogP contribution in [0.25, 0.3) is 0 Å². The van der Waals surface area contributed by atoms with Crippen molar-refractivity contribution in [2.75, 3.05) is 13.1 Å². The Labute approximate surface area is 265 Å². The summed E-state index contributed by atoms with van der Waals surface area (Å²) < 4.78 is 32.3. The van der Waals surface area contributed by atoms with E-state index >= 15 is 0 Å². The molecule has 0 heterocycles. The van der Waals surface area contributed by atoms with E-state index in [-0.39, 0.29) is 37.9 Å². The van der Waals surface area contributed by atoms with E-state index in [2.05, 4.69) is 23.8 Å². The van der Waals surface area contributed by atoms with Crippen LogP contribution in [0.3, 0.4) is 0 Å². The first-order chi connectivity index (χ1) is 21.3. The molecule has 2 aromatic rings. The van der Waals surface area contributed by atoms with Gasteiger partial charge < -0.3 is 26.8 Å². The largest absolute Gasteiger partial charge is 0.451 e. The van der Waals surface area contributed by atoms with Gasteiger partial charge in [0.15, 0.2) is 6.10 Å². The van der Waals surface area contributed by atoms with E-state index in [4.69, 9.17) is 16.2 Å². The van der Waals surface area contributed by atoms with E-state index in [0.717, 1.165) is 17.2 Å². The fourth-order valence-electron chi connectivity index (χ4n) is 4.54. The van der Waals surface area contributed by atoms with E-state index in [1.807, 2.05) is 74.5 Å². The normalized spacial score (nSPS) is 13.7. The molecule has 3 atom stereocenters. The first kappa shape index (κ1) is 37.0. The highest BCUT2D eigenvalue weighted by molar-refractivity contribution is 5.84. The summed E-state index contributed by atoms with van der Waals surface area (Å²) in [4.78, 5) is 38.6. The van der Waals surface area contributed by atoms with Crippen molar-refractivity contribution in [3.05, 3.63) is 108 Å². The minimum atomic E-state index is -1.22. The summed E-state index contributed by atoms with van der Waals surface area (Å²) >= 11 is 0. The number of halogens is 2. The molecule has 0 aliphatic carbocycles. The zero-order chi connectivity index (χ0) is 33.4. The van der Waals surface area contributed by atoms with Crippen LogP contribution in [0.2, 0.25) is 0 Å². The predicted molar refractivity (Wildman–Crippen MR) is 173 cm³/mol. The van der Waals surface area contributed by atoms with Crippen LogP contribution >= 0.6 is 0 Å². The molecule has 2 rings (SSSR count). The molecule has 0 bridgehead atoms. The van der Waals surface area contributed by atoms with Crippen LogP contribution in [0.15, 0.2) is 97.1 Å². The highest BCUT2D eigenvalue weighted by atomic mass is 19.1. The van der Waals surface area contributed by atoms with Crippen LogP contribution in [-0.4, -0.2) is 49.1 Å². The van der Waals surface area contributed by atoms with E-state index in [0.29, 0.717) is 19.3 Å². The third kappa shape index (κ3) is 14.9. The molecule has 0 fully saturated rings. The molecule has 10 heteroatoms. The van der Waals surface area contributed by atoms with Gasteiger partial charge in [-0.1, -0.05) is 87.7 Å². The maximum Gasteiger partial charge on any atom is 0.306 e. The van der Waals surface area contributed by atoms with Crippen molar-refractivity contribution in [3.8, 4) is 0 Å². The van der Waals surface area contributed by atoms with Crippen LogP contribution in [0.5, 0.6) is 0 Å². The van der Waals surface area contributed by atoms with Crippen LogP contribution in [-0.2, 0) is 32.0 Å². The summed E-state index contributed by atoms with van der Waals surface area (Å²) in [7, 11) is 0. The van der Waals surface area contributed by atoms with Gasteiger partial charge in [-0.25, -0.2) is 8.78 Å². The van der Waals surface area contributed by atoms with Gasteiger partial charge in [-0.3, -0.25) is 14.4 Å². The van der Waals surface area contributed by atoms with Crippen molar-refractivity contribution in [1.82, 2.24) is 10.6 Å². The summed E-state index contributed by atoms with van der Waals surface area (Å²) in [6.45, 7) is 10.2. The number of nitrogens with two attached hydrogens (primary N) is 2. The topological polar surface area (TPSA) is 137 Å². The predicted octanol–water partition coefficient (Wildman–Crippen LogP) is 4.75. The number of carbonyl (C=O) groups excluding carboxylic acids is 3. The van der Waals surface area contributed by atoms with Gasteiger partial charge in [0.25, 0.3) is 5.91 Å². The Bertz CT molecular complexity index is 1320. The van der Waals surface area contributed by atoms with Crippen molar-refractivity contribution in [3.63, 3.8) is 0 Å². The van der Waals surface area contributed by atoms with Crippen LogP contribution in [0.1, 0.15) is 50.7 Å². The molecule has 2 amide bonds. The molecule has 244 valence electrons. The van der Waals surface area contributed by atoms with Crippen LogP contribution < -0.4 is 22.1 Å². The molecule has 8 nitrogen and oxygen atoms in total. The van der Waals surface area contributed by atoms with Gasteiger partial charge >= 0.3 is 5.97 Å². The zero-order valence-corrected chi connectivity index (χ0v) is 26.2. The monoisotopic (exact) mass is 624 g/mol. The number of carbonyl (C=O) groups is 3. The third-order valence-electron chi connectivity index (χ3n) is 7.02. The average Bonchev–Trinajstić information content (AvgIpc) is 2.98. The number of benzene rings is 2. The molecule has 0 saturated carbocycles.